The van der Waals surface area contributed by atoms with E-state index in [0.29, 0.717) is 44.0 Å². The molecule has 1 saturated heterocycles. The zero-order chi connectivity index (χ0) is 20.1. The number of alkyl halides is 3. The second kappa shape index (κ2) is 8.45. The van der Waals surface area contributed by atoms with Crippen molar-refractivity contribution in [1.29, 1.82) is 0 Å². The molecule has 3 rings (SSSR count). The van der Waals surface area contributed by atoms with Gasteiger partial charge < -0.3 is 14.5 Å². The van der Waals surface area contributed by atoms with Gasteiger partial charge in [-0.2, -0.15) is 0 Å². The minimum absolute atomic E-state index is 0.0886. The summed E-state index contributed by atoms with van der Waals surface area (Å²) < 4.78 is 53.8. The van der Waals surface area contributed by atoms with E-state index in [1.54, 1.807) is 17.0 Å². The van der Waals surface area contributed by atoms with Crippen molar-refractivity contribution in [3.63, 3.8) is 0 Å². The lowest BCUT2D eigenvalue weighted by molar-refractivity contribution is -0.274. The van der Waals surface area contributed by atoms with E-state index in [4.69, 9.17) is 0 Å². The Morgan fingerprint density at radius 3 is 2.61 bits per heavy atom. The zero-order valence-corrected chi connectivity index (χ0v) is 15.0. The van der Waals surface area contributed by atoms with Crippen LogP contribution in [0.4, 0.5) is 23.4 Å². The number of hydrogen-bond acceptors (Lipinski definition) is 4. The normalized spacial score (nSPS) is 15.3. The summed E-state index contributed by atoms with van der Waals surface area (Å²) in [6.45, 7) is 2.13. The molecule has 0 atom stereocenters. The maximum atomic E-state index is 13.3. The predicted molar refractivity (Wildman–Crippen MR) is 94.4 cm³/mol. The number of rotatable bonds is 4. The molecule has 2 aromatic rings. The van der Waals surface area contributed by atoms with Crippen molar-refractivity contribution in [3.05, 3.63) is 54.0 Å². The number of amides is 1. The first-order chi connectivity index (χ1) is 13.3. The lowest BCUT2D eigenvalue weighted by Crippen LogP contribution is -2.36. The summed E-state index contributed by atoms with van der Waals surface area (Å²) in [6.07, 6.45) is -2.91. The van der Waals surface area contributed by atoms with E-state index in [9.17, 15) is 22.4 Å². The van der Waals surface area contributed by atoms with Crippen LogP contribution in [0.15, 0.2) is 42.6 Å². The third-order valence-electron chi connectivity index (χ3n) is 4.37. The predicted octanol–water partition coefficient (Wildman–Crippen LogP) is 3.40. The van der Waals surface area contributed by atoms with Crippen molar-refractivity contribution < 1.29 is 27.1 Å². The smallest absolute Gasteiger partial charge is 0.404 e. The Morgan fingerprint density at radius 1 is 1.11 bits per heavy atom. The van der Waals surface area contributed by atoms with Crippen LogP contribution >= 0.6 is 0 Å². The molecule has 0 aliphatic carbocycles. The number of nitrogens with zero attached hydrogens (tertiary/aromatic N) is 3. The molecule has 150 valence electrons. The molecule has 1 aliphatic rings. The largest absolute Gasteiger partial charge is 0.573 e. The molecule has 0 saturated carbocycles. The van der Waals surface area contributed by atoms with Crippen LogP contribution < -0.4 is 9.64 Å². The molecule has 1 amide bonds. The molecule has 0 radical (unpaired) electrons. The molecule has 28 heavy (non-hydrogen) atoms. The van der Waals surface area contributed by atoms with Gasteiger partial charge in [0.05, 0.1) is 12.6 Å². The number of carbonyl (C=O) groups is 1. The van der Waals surface area contributed by atoms with Gasteiger partial charge in [-0.25, -0.2) is 9.37 Å². The van der Waals surface area contributed by atoms with E-state index in [0.717, 1.165) is 6.20 Å². The molecule has 1 aliphatic heterocycles. The van der Waals surface area contributed by atoms with Gasteiger partial charge in [-0.15, -0.1) is 13.2 Å². The van der Waals surface area contributed by atoms with Gasteiger partial charge in [0, 0.05) is 26.2 Å². The Hall–Kier alpha value is -2.84. The van der Waals surface area contributed by atoms with Crippen LogP contribution in [0.2, 0.25) is 0 Å². The topological polar surface area (TPSA) is 45.7 Å². The molecule has 1 aromatic heterocycles. The van der Waals surface area contributed by atoms with E-state index >= 15 is 0 Å². The van der Waals surface area contributed by atoms with E-state index in [-0.39, 0.29) is 23.9 Å². The Bertz CT molecular complexity index is 812. The van der Waals surface area contributed by atoms with Crippen LogP contribution in [0, 0.1) is 5.82 Å². The lowest BCUT2D eigenvalue weighted by Gasteiger charge is -2.23. The number of pyridine rings is 1. The standard InChI is InChI=1S/C19H19F4N3O2/c20-15-4-1-3-14(11-15)12-18(27)26-8-2-7-25(9-10-26)17-6-5-16(13-24-17)28-19(21,22)23/h1,3-6,11,13H,2,7-10,12H2. The monoisotopic (exact) mass is 397 g/mol. The second-order valence-corrected chi connectivity index (χ2v) is 6.43. The Morgan fingerprint density at radius 2 is 1.93 bits per heavy atom. The Labute approximate surface area is 159 Å². The maximum absolute atomic E-state index is 13.3. The number of benzene rings is 1. The molecule has 0 unspecified atom stereocenters. The summed E-state index contributed by atoms with van der Waals surface area (Å²) in [4.78, 5) is 20.2. The molecule has 2 heterocycles. The molecular formula is C19H19F4N3O2. The van der Waals surface area contributed by atoms with Gasteiger partial charge in [0.25, 0.3) is 0 Å². The SMILES string of the molecule is O=C(Cc1cccc(F)c1)N1CCCN(c2ccc(OC(F)(F)F)cn2)CC1. The van der Waals surface area contributed by atoms with Gasteiger partial charge in [-0.05, 0) is 36.2 Å². The van der Waals surface area contributed by atoms with E-state index in [1.165, 1.54) is 24.3 Å². The number of halogens is 4. The minimum atomic E-state index is -4.76. The first kappa shape index (κ1) is 19.9. The van der Waals surface area contributed by atoms with Crippen LogP contribution in [-0.2, 0) is 11.2 Å². The van der Waals surface area contributed by atoms with E-state index in [1.807, 2.05) is 4.90 Å². The molecule has 0 N–H and O–H groups in total. The van der Waals surface area contributed by atoms with Crippen molar-refractivity contribution in [2.75, 3.05) is 31.1 Å². The Balaban J connectivity index is 1.57. The zero-order valence-electron chi connectivity index (χ0n) is 15.0. The van der Waals surface area contributed by atoms with Gasteiger partial charge in [-0.1, -0.05) is 12.1 Å². The fourth-order valence-corrected chi connectivity index (χ4v) is 3.08. The third kappa shape index (κ3) is 5.58. The van der Waals surface area contributed by atoms with Crippen molar-refractivity contribution >= 4 is 11.7 Å². The molecule has 5 nitrogen and oxygen atoms in total. The fourth-order valence-electron chi connectivity index (χ4n) is 3.08. The lowest BCUT2D eigenvalue weighted by atomic mass is 10.1. The molecule has 9 heteroatoms. The number of carbonyl (C=O) groups excluding carboxylic acids is 1. The van der Waals surface area contributed by atoms with Gasteiger partial charge in [0.2, 0.25) is 5.91 Å². The van der Waals surface area contributed by atoms with Crippen molar-refractivity contribution in [1.82, 2.24) is 9.88 Å². The summed E-state index contributed by atoms with van der Waals surface area (Å²) in [6, 6.07) is 8.63. The quantitative estimate of drug-likeness (QED) is 0.742. The highest BCUT2D eigenvalue weighted by Gasteiger charge is 2.31. The number of ether oxygens (including phenoxy) is 1. The first-order valence-corrected chi connectivity index (χ1v) is 8.79. The number of hydrogen-bond donors (Lipinski definition) is 0. The summed E-state index contributed by atoms with van der Waals surface area (Å²) >= 11 is 0. The average molecular weight is 397 g/mol. The highest BCUT2D eigenvalue weighted by atomic mass is 19.4. The first-order valence-electron chi connectivity index (χ1n) is 8.79. The van der Waals surface area contributed by atoms with Crippen LogP contribution in [0.1, 0.15) is 12.0 Å². The van der Waals surface area contributed by atoms with Gasteiger partial charge in [-0.3, -0.25) is 4.79 Å². The van der Waals surface area contributed by atoms with Crippen LogP contribution in [0.3, 0.4) is 0 Å². The summed E-state index contributed by atoms with van der Waals surface area (Å²) in [5.41, 5.74) is 0.619. The molecular weight excluding hydrogens is 378 g/mol. The summed E-state index contributed by atoms with van der Waals surface area (Å²) in [7, 11) is 0. The van der Waals surface area contributed by atoms with Crippen LogP contribution in [-0.4, -0.2) is 48.3 Å². The minimum Gasteiger partial charge on any atom is -0.404 e. The third-order valence-corrected chi connectivity index (χ3v) is 4.37. The highest BCUT2D eigenvalue weighted by Crippen LogP contribution is 2.24. The maximum Gasteiger partial charge on any atom is 0.573 e. The summed E-state index contributed by atoms with van der Waals surface area (Å²) in [5, 5.41) is 0. The molecule has 0 bridgehead atoms. The van der Waals surface area contributed by atoms with Crippen molar-refractivity contribution in [2.24, 2.45) is 0 Å². The van der Waals surface area contributed by atoms with Crippen LogP contribution in [0.25, 0.3) is 0 Å². The van der Waals surface area contributed by atoms with E-state index in [2.05, 4.69) is 9.72 Å². The van der Waals surface area contributed by atoms with Crippen molar-refractivity contribution in [2.45, 2.75) is 19.2 Å². The molecule has 1 fully saturated rings. The van der Waals surface area contributed by atoms with Gasteiger partial charge >= 0.3 is 6.36 Å². The van der Waals surface area contributed by atoms with Gasteiger partial charge in [0.15, 0.2) is 0 Å². The van der Waals surface area contributed by atoms with Gasteiger partial charge in [0.1, 0.15) is 17.4 Å². The fraction of sp³-hybridized carbons (Fsp3) is 0.368. The second-order valence-electron chi connectivity index (χ2n) is 6.43. The van der Waals surface area contributed by atoms with Crippen LogP contribution in [0.5, 0.6) is 5.75 Å². The molecule has 1 aromatic carbocycles. The number of anilines is 1. The number of aromatic nitrogens is 1. The Kier molecular flexibility index (Phi) is 6.01. The van der Waals surface area contributed by atoms with Crippen molar-refractivity contribution in [3.8, 4) is 5.75 Å². The molecule has 0 spiro atoms. The van der Waals surface area contributed by atoms with E-state index < -0.39 is 6.36 Å². The highest BCUT2D eigenvalue weighted by molar-refractivity contribution is 5.78. The average Bonchev–Trinajstić information content (AvgIpc) is 2.87. The summed E-state index contributed by atoms with van der Waals surface area (Å²) in [5.74, 6) is -0.322.